The highest BCUT2D eigenvalue weighted by molar-refractivity contribution is 5.88. The Kier molecular flexibility index (Phi) is 5.54. The Balaban J connectivity index is 2.35. The maximum absolute atomic E-state index is 13.6. The molecule has 25 heavy (non-hydrogen) atoms. The molecular formula is C19H23F3NO2-. The lowest BCUT2D eigenvalue weighted by Crippen LogP contribution is -2.19. The highest BCUT2D eigenvalue weighted by atomic mass is 19.4. The number of nitrogens with zero attached hydrogens (tertiary/aromatic N) is 1. The molecule has 0 heterocycles. The van der Waals surface area contributed by atoms with Crippen molar-refractivity contribution >= 4 is 5.90 Å². The highest BCUT2D eigenvalue weighted by Gasteiger charge is 2.35. The molecule has 1 aliphatic carbocycles. The van der Waals surface area contributed by atoms with E-state index in [1.165, 1.54) is 12.1 Å². The van der Waals surface area contributed by atoms with Crippen LogP contribution in [0, 0.1) is 0 Å². The summed E-state index contributed by atoms with van der Waals surface area (Å²) in [6, 6.07) is 3.36. The summed E-state index contributed by atoms with van der Waals surface area (Å²) in [7, 11) is 0. The molecule has 138 valence electrons. The summed E-state index contributed by atoms with van der Waals surface area (Å²) in [6.45, 7) is 2.46. The van der Waals surface area contributed by atoms with Crippen LogP contribution in [0.2, 0.25) is 0 Å². The van der Waals surface area contributed by atoms with Gasteiger partial charge in [-0.2, -0.15) is 13.2 Å². The van der Waals surface area contributed by atoms with Crippen molar-refractivity contribution in [1.29, 1.82) is 0 Å². The summed E-state index contributed by atoms with van der Waals surface area (Å²) in [5.74, 6) is -1.02. The smallest absolute Gasteiger partial charge is 0.416 e. The average Bonchev–Trinajstić information content (AvgIpc) is 2.65. The number of halogens is 3. The zero-order valence-corrected chi connectivity index (χ0v) is 14.2. The predicted octanol–water partition coefficient (Wildman–Crippen LogP) is 4.91. The summed E-state index contributed by atoms with van der Waals surface area (Å²) in [6.07, 6.45) is -0.133. The van der Waals surface area contributed by atoms with Crippen molar-refractivity contribution in [1.82, 2.24) is 0 Å². The van der Waals surface area contributed by atoms with E-state index in [-0.39, 0.29) is 22.6 Å². The van der Waals surface area contributed by atoms with E-state index in [0.29, 0.717) is 19.3 Å². The van der Waals surface area contributed by atoms with Gasteiger partial charge in [0, 0.05) is 5.90 Å². The molecular weight excluding hydrogens is 331 g/mol. The van der Waals surface area contributed by atoms with Gasteiger partial charge in [-0.1, -0.05) is 44.9 Å². The van der Waals surface area contributed by atoms with Gasteiger partial charge in [0.05, 0.1) is 8.30 Å². The molecule has 3 nitrogen and oxygen atoms in total. The Labute approximate surface area is 149 Å². The second-order valence-electron chi connectivity index (χ2n) is 6.18. The molecule has 0 N–H and O–H groups in total. The van der Waals surface area contributed by atoms with E-state index in [1.807, 2.05) is 0 Å². The molecule has 0 spiro atoms. The monoisotopic (exact) mass is 356 g/mol. The molecule has 0 amide bonds. The van der Waals surface area contributed by atoms with Gasteiger partial charge >= 0.3 is 6.18 Å². The van der Waals surface area contributed by atoms with Crippen LogP contribution in [0.15, 0.2) is 35.5 Å². The number of alkyl halides is 3. The van der Waals surface area contributed by atoms with Crippen LogP contribution in [0.3, 0.4) is 0 Å². The Hall–Kier alpha value is -1.98. The molecule has 0 aromatic heterocycles. The summed E-state index contributed by atoms with van der Waals surface area (Å²) in [5, 5.41) is 14.8. The first kappa shape index (κ1) is 16.5. The van der Waals surface area contributed by atoms with E-state index in [0.717, 1.165) is 25.3 Å². The van der Waals surface area contributed by atoms with Gasteiger partial charge in [-0.25, -0.2) is 0 Å². The molecule has 6 heteroatoms. The topological polar surface area (TPSA) is 44.6 Å². The van der Waals surface area contributed by atoms with Crippen LogP contribution in [0.25, 0.3) is 0 Å². The minimum atomic E-state index is -4.61. The second kappa shape index (κ2) is 8.41. The SMILES string of the molecule is [2H]C([2H])(O/N=C(/[O-])C(=C)CC)c1ccc(C2CCCCC2)c(C(F)(F)F)c1. The van der Waals surface area contributed by atoms with Crippen LogP contribution in [0.1, 0.15) is 70.8 Å². The quantitative estimate of drug-likeness (QED) is 0.413. The van der Waals surface area contributed by atoms with Crippen LogP contribution in [0.5, 0.6) is 0 Å². The standard InChI is InChI=1S/C19H24F3NO2/c1-3-13(2)18(24)23-25-12-14-9-10-16(15-7-5-4-6-8-15)17(11-14)19(20,21)22/h9-11,15H,2-8,12H2,1H3,(H,23,24)/p-1/i12D2. The fraction of sp³-hybridized carbons (Fsp3) is 0.526. The number of hydrogen-bond donors (Lipinski definition) is 0. The van der Waals surface area contributed by atoms with Crippen molar-refractivity contribution in [2.75, 3.05) is 0 Å². The molecule has 0 saturated heterocycles. The lowest BCUT2D eigenvalue weighted by molar-refractivity contribution is -0.218. The van der Waals surface area contributed by atoms with Gasteiger partial charge < -0.3 is 9.94 Å². The number of rotatable bonds is 6. The van der Waals surface area contributed by atoms with Gasteiger partial charge in [-0.15, -0.1) is 5.16 Å². The molecule has 1 saturated carbocycles. The Bertz CT molecular complexity index is 711. The number of hydrogen-bond acceptors (Lipinski definition) is 3. The predicted molar refractivity (Wildman–Crippen MR) is 88.9 cm³/mol. The molecule has 1 aromatic rings. The number of benzene rings is 1. The molecule has 0 aliphatic heterocycles. The van der Waals surface area contributed by atoms with Crippen LogP contribution in [-0.4, -0.2) is 5.90 Å². The maximum atomic E-state index is 13.6. The van der Waals surface area contributed by atoms with Crippen LogP contribution in [-0.2, 0) is 17.6 Å². The number of oxime groups is 1. The van der Waals surface area contributed by atoms with Gasteiger partial charge in [0.25, 0.3) is 0 Å². The summed E-state index contributed by atoms with van der Waals surface area (Å²) in [5.41, 5.74) is -0.889. The van der Waals surface area contributed by atoms with E-state index < -0.39 is 24.2 Å². The Morgan fingerprint density at radius 3 is 2.64 bits per heavy atom. The van der Waals surface area contributed by atoms with E-state index in [2.05, 4.69) is 16.6 Å². The minimum Gasteiger partial charge on any atom is -0.856 e. The molecule has 1 aliphatic rings. The van der Waals surface area contributed by atoms with E-state index >= 15 is 0 Å². The molecule has 0 unspecified atom stereocenters. The zero-order valence-electron chi connectivity index (χ0n) is 16.2. The van der Waals surface area contributed by atoms with Crippen LogP contribution < -0.4 is 5.11 Å². The fourth-order valence-electron chi connectivity index (χ4n) is 2.97. The van der Waals surface area contributed by atoms with Crippen molar-refractivity contribution in [2.24, 2.45) is 5.16 Å². The maximum Gasteiger partial charge on any atom is 0.416 e. The third-order valence-corrected chi connectivity index (χ3v) is 4.42. The van der Waals surface area contributed by atoms with Crippen molar-refractivity contribution in [3.63, 3.8) is 0 Å². The summed E-state index contributed by atoms with van der Waals surface area (Å²) < 4.78 is 56.5. The van der Waals surface area contributed by atoms with Crippen molar-refractivity contribution in [2.45, 2.75) is 64.1 Å². The summed E-state index contributed by atoms with van der Waals surface area (Å²) in [4.78, 5) is 4.63. The Morgan fingerprint density at radius 2 is 2.04 bits per heavy atom. The first-order valence-corrected chi connectivity index (χ1v) is 8.39. The van der Waals surface area contributed by atoms with Gasteiger partial charge in [-0.05, 0) is 47.9 Å². The lowest BCUT2D eigenvalue weighted by Gasteiger charge is -2.25. The Morgan fingerprint density at radius 1 is 1.36 bits per heavy atom. The summed E-state index contributed by atoms with van der Waals surface area (Å²) >= 11 is 0. The third-order valence-electron chi connectivity index (χ3n) is 4.42. The molecule has 2 rings (SSSR count). The lowest BCUT2D eigenvalue weighted by atomic mass is 9.81. The largest absolute Gasteiger partial charge is 0.856 e. The minimum absolute atomic E-state index is 0.120. The fourth-order valence-corrected chi connectivity index (χ4v) is 2.97. The average molecular weight is 356 g/mol. The van der Waals surface area contributed by atoms with E-state index in [4.69, 9.17) is 2.74 Å². The first-order chi connectivity index (χ1) is 12.6. The normalized spacial score (nSPS) is 18.5. The van der Waals surface area contributed by atoms with Crippen molar-refractivity contribution in [3.8, 4) is 0 Å². The molecule has 0 radical (unpaired) electrons. The van der Waals surface area contributed by atoms with Gasteiger partial charge in [0.1, 0.15) is 6.56 Å². The second-order valence-corrected chi connectivity index (χ2v) is 6.18. The van der Waals surface area contributed by atoms with Crippen molar-refractivity contribution < 1.29 is 25.9 Å². The van der Waals surface area contributed by atoms with E-state index in [1.54, 1.807) is 6.92 Å². The molecule has 0 atom stereocenters. The van der Waals surface area contributed by atoms with Gasteiger partial charge in [0.15, 0.2) is 0 Å². The van der Waals surface area contributed by atoms with Crippen LogP contribution >= 0.6 is 0 Å². The highest BCUT2D eigenvalue weighted by Crippen LogP contribution is 2.41. The van der Waals surface area contributed by atoms with Gasteiger partial charge in [-0.3, -0.25) is 0 Å². The first-order valence-electron chi connectivity index (χ1n) is 9.39. The molecule has 1 fully saturated rings. The molecule has 1 aromatic carbocycles. The van der Waals surface area contributed by atoms with E-state index in [9.17, 15) is 18.3 Å². The van der Waals surface area contributed by atoms with Crippen LogP contribution in [0.4, 0.5) is 13.2 Å². The molecule has 0 bridgehead atoms. The van der Waals surface area contributed by atoms with Gasteiger partial charge in [0.2, 0.25) is 0 Å². The van der Waals surface area contributed by atoms with Crippen molar-refractivity contribution in [3.05, 3.63) is 47.0 Å². The third kappa shape index (κ3) is 5.25. The zero-order chi connectivity index (χ0) is 20.2.